The monoisotopic (exact) mass is 221 g/mol. The van der Waals surface area contributed by atoms with Gasteiger partial charge in [0.15, 0.2) is 0 Å². The summed E-state index contributed by atoms with van der Waals surface area (Å²) in [5, 5.41) is 11.6. The molecule has 1 fully saturated rings. The SMILES string of the molecule is N#CC1(CNC(=O)c2cc(F)c[nH]2)CCC1. The van der Waals surface area contributed by atoms with E-state index in [1.165, 1.54) is 0 Å². The van der Waals surface area contributed by atoms with Gasteiger partial charge in [-0.1, -0.05) is 6.42 Å². The van der Waals surface area contributed by atoms with Gasteiger partial charge >= 0.3 is 0 Å². The predicted octanol–water partition coefficient (Wildman–Crippen LogP) is 1.58. The summed E-state index contributed by atoms with van der Waals surface area (Å²) in [5.41, 5.74) is -0.217. The molecule has 0 aliphatic heterocycles. The molecule has 1 aromatic heterocycles. The number of nitrogens with one attached hydrogen (secondary N) is 2. The number of H-pyrrole nitrogens is 1. The van der Waals surface area contributed by atoms with Crippen molar-refractivity contribution in [2.45, 2.75) is 19.3 Å². The van der Waals surface area contributed by atoms with E-state index >= 15 is 0 Å². The largest absolute Gasteiger partial charge is 0.355 e. The molecule has 5 heteroatoms. The molecule has 0 spiro atoms. The summed E-state index contributed by atoms with van der Waals surface area (Å²) in [6, 6.07) is 3.36. The lowest BCUT2D eigenvalue weighted by Crippen LogP contribution is -2.41. The van der Waals surface area contributed by atoms with Crippen molar-refractivity contribution >= 4 is 5.91 Å². The highest BCUT2D eigenvalue weighted by molar-refractivity contribution is 5.92. The smallest absolute Gasteiger partial charge is 0.267 e. The first-order chi connectivity index (χ1) is 7.65. The van der Waals surface area contributed by atoms with Crippen molar-refractivity contribution in [1.29, 1.82) is 5.26 Å². The van der Waals surface area contributed by atoms with E-state index < -0.39 is 11.2 Å². The number of rotatable bonds is 3. The number of amides is 1. The van der Waals surface area contributed by atoms with Gasteiger partial charge in [0.25, 0.3) is 5.91 Å². The minimum atomic E-state index is -0.469. The number of nitrogens with zero attached hydrogens (tertiary/aromatic N) is 1. The van der Waals surface area contributed by atoms with Crippen LogP contribution < -0.4 is 5.32 Å². The third-order valence-electron chi connectivity index (χ3n) is 3.03. The molecule has 84 valence electrons. The van der Waals surface area contributed by atoms with Gasteiger partial charge in [-0.15, -0.1) is 0 Å². The number of aromatic amines is 1. The molecule has 0 aromatic carbocycles. The van der Waals surface area contributed by atoms with Gasteiger partial charge in [-0.3, -0.25) is 4.79 Å². The normalized spacial score (nSPS) is 17.2. The van der Waals surface area contributed by atoms with E-state index in [-0.39, 0.29) is 11.6 Å². The van der Waals surface area contributed by atoms with E-state index in [1.807, 2.05) is 0 Å². The fourth-order valence-electron chi connectivity index (χ4n) is 1.78. The number of carbonyl (C=O) groups is 1. The van der Waals surface area contributed by atoms with E-state index in [1.54, 1.807) is 0 Å². The second-order valence-corrected chi connectivity index (χ2v) is 4.16. The van der Waals surface area contributed by atoms with E-state index in [9.17, 15) is 9.18 Å². The predicted molar refractivity (Wildman–Crippen MR) is 55.0 cm³/mol. The second-order valence-electron chi connectivity index (χ2n) is 4.16. The highest BCUT2D eigenvalue weighted by Gasteiger charge is 2.37. The van der Waals surface area contributed by atoms with E-state index in [0.29, 0.717) is 6.54 Å². The van der Waals surface area contributed by atoms with Crippen molar-refractivity contribution < 1.29 is 9.18 Å². The molecule has 1 saturated carbocycles. The number of aromatic nitrogens is 1. The third-order valence-corrected chi connectivity index (χ3v) is 3.03. The summed E-state index contributed by atoms with van der Waals surface area (Å²) in [7, 11) is 0. The molecule has 1 aliphatic carbocycles. The third kappa shape index (κ3) is 1.91. The van der Waals surface area contributed by atoms with Crippen LogP contribution in [0, 0.1) is 22.6 Å². The number of hydrogen-bond acceptors (Lipinski definition) is 2. The van der Waals surface area contributed by atoms with Crippen LogP contribution in [-0.2, 0) is 0 Å². The number of hydrogen-bond donors (Lipinski definition) is 2. The molecular weight excluding hydrogens is 209 g/mol. The lowest BCUT2D eigenvalue weighted by Gasteiger charge is -2.34. The van der Waals surface area contributed by atoms with Crippen LogP contribution in [0.1, 0.15) is 29.8 Å². The van der Waals surface area contributed by atoms with Gasteiger partial charge in [-0.2, -0.15) is 5.26 Å². The van der Waals surface area contributed by atoms with Gasteiger partial charge in [0.05, 0.1) is 11.5 Å². The van der Waals surface area contributed by atoms with Crippen LogP contribution in [0.15, 0.2) is 12.3 Å². The minimum absolute atomic E-state index is 0.185. The van der Waals surface area contributed by atoms with E-state index in [0.717, 1.165) is 31.5 Å². The molecule has 1 aromatic rings. The average Bonchev–Trinajstić information content (AvgIpc) is 2.64. The maximum atomic E-state index is 12.6. The Kier molecular flexibility index (Phi) is 2.65. The first-order valence-corrected chi connectivity index (χ1v) is 5.19. The Hall–Kier alpha value is -1.83. The maximum Gasteiger partial charge on any atom is 0.267 e. The Labute approximate surface area is 92.5 Å². The van der Waals surface area contributed by atoms with Crippen LogP contribution in [0.3, 0.4) is 0 Å². The molecule has 0 atom stereocenters. The van der Waals surface area contributed by atoms with Gasteiger partial charge in [0.2, 0.25) is 0 Å². The molecule has 1 aliphatic rings. The summed E-state index contributed by atoms with van der Waals surface area (Å²) < 4.78 is 12.6. The van der Waals surface area contributed by atoms with E-state index in [2.05, 4.69) is 16.4 Å². The fraction of sp³-hybridized carbons (Fsp3) is 0.455. The Morgan fingerprint density at radius 2 is 2.44 bits per heavy atom. The summed E-state index contributed by atoms with van der Waals surface area (Å²) in [6.07, 6.45) is 3.80. The van der Waals surface area contributed by atoms with Crippen LogP contribution >= 0.6 is 0 Å². The van der Waals surface area contributed by atoms with Crippen molar-refractivity contribution in [2.24, 2.45) is 5.41 Å². The molecule has 1 amide bonds. The zero-order chi connectivity index (χ0) is 11.6. The Morgan fingerprint density at radius 1 is 1.69 bits per heavy atom. The summed E-state index contributed by atoms with van der Waals surface area (Å²) >= 11 is 0. The number of carbonyl (C=O) groups excluding carboxylic acids is 1. The molecule has 1 heterocycles. The average molecular weight is 221 g/mol. The summed E-state index contributed by atoms with van der Waals surface area (Å²) in [5.74, 6) is -0.839. The van der Waals surface area contributed by atoms with Gasteiger partial charge in [0, 0.05) is 18.8 Å². The number of nitriles is 1. The topological polar surface area (TPSA) is 68.7 Å². The highest BCUT2D eigenvalue weighted by Crippen LogP contribution is 2.39. The molecule has 2 rings (SSSR count). The molecule has 16 heavy (non-hydrogen) atoms. The molecule has 0 radical (unpaired) electrons. The van der Waals surface area contributed by atoms with Crippen LogP contribution in [0.2, 0.25) is 0 Å². The van der Waals surface area contributed by atoms with Crippen molar-refractivity contribution in [1.82, 2.24) is 10.3 Å². The molecule has 0 saturated heterocycles. The Morgan fingerprint density at radius 3 is 2.88 bits per heavy atom. The first kappa shape index (κ1) is 10.7. The van der Waals surface area contributed by atoms with Crippen molar-refractivity contribution in [3.63, 3.8) is 0 Å². The summed E-state index contributed by atoms with van der Waals surface area (Å²) in [4.78, 5) is 14.1. The van der Waals surface area contributed by atoms with Crippen molar-refractivity contribution in [3.05, 3.63) is 23.8 Å². The molecule has 4 nitrogen and oxygen atoms in total. The standard InChI is InChI=1S/C11H12FN3O/c12-8-4-9(14-5-8)10(16)15-7-11(6-13)2-1-3-11/h4-5,14H,1-3,7H2,(H,15,16). The van der Waals surface area contributed by atoms with E-state index in [4.69, 9.17) is 5.26 Å². The molecule has 2 N–H and O–H groups in total. The van der Waals surface area contributed by atoms with Crippen molar-refractivity contribution in [2.75, 3.05) is 6.54 Å². The zero-order valence-corrected chi connectivity index (χ0v) is 8.72. The Balaban J connectivity index is 1.91. The zero-order valence-electron chi connectivity index (χ0n) is 8.72. The van der Waals surface area contributed by atoms with Crippen molar-refractivity contribution in [3.8, 4) is 6.07 Å². The number of halogens is 1. The fourth-order valence-corrected chi connectivity index (χ4v) is 1.78. The second kappa shape index (κ2) is 3.97. The van der Waals surface area contributed by atoms with Gasteiger partial charge < -0.3 is 10.3 Å². The Bertz CT molecular complexity index is 442. The lowest BCUT2D eigenvalue weighted by atomic mass is 9.70. The highest BCUT2D eigenvalue weighted by atomic mass is 19.1. The van der Waals surface area contributed by atoms with Gasteiger partial charge in [-0.25, -0.2) is 4.39 Å². The van der Waals surface area contributed by atoms with Gasteiger partial charge in [-0.05, 0) is 12.8 Å². The quantitative estimate of drug-likeness (QED) is 0.813. The van der Waals surface area contributed by atoms with Crippen LogP contribution in [0.4, 0.5) is 4.39 Å². The van der Waals surface area contributed by atoms with Crippen LogP contribution in [0.5, 0.6) is 0 Å². The van der Waals surface area contributed by atoms with Crippen LogP contribution in [-0.4, -0.2) is 17.4 Å². The summed E-state index contributed by atoms with van der Waals surface area (Å²) in [6.45, 7) is 0.336. The molecular formula is C11H12FN3O. The van der Waals surface area contributed by atoms with Crippen LogP contribution in [0.25, 0.3) is 0 Å². The molecule has 0 unspecified atom stereocenters. The first-order valence-electron chi connectivity index (χ1n) is 5.19. The maximum absolute atomic E-state index is 12.6. The van der Waals surface area contributed by atoms with Gasteiger partial charge in [0.1, 0.15) is 11.5 Å². The minimum Gasteiger partial charge on any atom is -0.355 e. The molecule has 0 bridgehead atoms. The lowest BCUT2D eigenvalue weighted by molar-refractivity contribution is 0.0914.